The van der Waals surface area contributed by atoms with Crippen LogP contribution in [0.15, 0.2) is 36.4 Å². The lowest BCUT2D eigenvalue weighted by Gasteiger charge is -2.41. The third-order valence-corrected chi connectivity index (χ3v) is 8.75. The van der Waals surface area contributed by atoms with Crippen molar-refractivity contribution in [2.24, 2.45) is 5.41 Å². The molecular formula is C25H23Cl2N3O. The van der Waals surface area contributed by atoms with Crippen molar-refractivity contribution in [3.05, 3.63) is 69.0 Å². The molecule has 3 aromatic rings. The summed E-state index contributed by atoms with van der Waals surface area (Å²) < 4.78 is 0. The molecule has 1 fully saturated rings. The summed E-state index contributed by atoms with van der Waals surface area (Å²) in [7, 11) is 0. The zero-order valence-electron chi connectivity index (χ0n) is 17.6. The number of nitrogens with zero attached hydrogens (tertiary/aromatic N) is 3. The minimum atomic E-state index is -0.646. The highest BCUT2D eigenvalue weighted by Gasteiger charge is 2.68. The molecule has 0 saturated heterocycles. The van der Waals surface area contributed by atoms with Gasteiger partial charge in [0.15, 0.2) is 0 Å². The quantitative estimate of drug-likeness (QED) is 0.478. The first-order valence-electron chi connectivity index (χ1n) is 10.9. The summed E-state index contributed by atoms with van der Waals surface area (Å²) in [4.78, 5) is 26.3. The molecule has 0 radical (unpaired) electrons. The van der Waals surface area contributed by atoms with Crippen molar-refractivity contribution in [3.8, 4) is 0 Å². The maximum Gasteiger partial charge on any atom is 0.235 e. The molecule has 1 saturated carbocycles. The SMILES string of the molecule is CC1(C)C2CCC1(C(=O)N1CCc3ccccc3C1)c1nc3cc(Cl)c(Cl)cc3nc12. The summed E-state index contributed by atoms with van der Waals surface area (Å²) in [6.07, 6.45) is 2.67. The Morgan fingerprint density at radius 1 is 1.06 bits per heavy atom. The van der Waals surface area contributed by atoms with Crippen LogP contribution in [0.1, 0.15) is 55.1 Å². The number of rotatable bonds is 1. The molecule has 1 aliphatic heterocycles. The molecule has 158 valence electrons. The fourth-order valence-corrected chi connectivity index (χ4v) is 6.60. The van der Waals surface area contributed by atoms with Crippen LogP contribution in [0.25, 0.3) is 11.0 Å². The topological polar surface area (TPSA) is 46.1 Å². The van der Waals surface area contributed by atoms with Crippen LogP contribution in [-0.2, 0) is 23.2 Å². The van der Waals surface area contributed by atoms with Crippen LogP contribution in [0, 0.1) is 5.41 Å². The summed E-state index contributed by atoms with van der Waals surface area (Å²) in [5.41, 5.74) is 4.96. The fourth-order valence-electron chi connectivity index (χ4n) is 6.29. The van der Waals surface area contributed by atoms with Crippen LogP contribution in [0.2, 0.25) is 10.0 Å². The molecule has 4 nitrogen and oxygen atoms in total. The van der Waals surface area contributed by atoms with Gasteiger partial charge in [0.2, 0.25) is 5.91 Å². The monoisotopic (exact) mass is 451 g/mol. The van der Waals surface area contributed by atoms with Crippen molar-refractivity contribution >= 4 is 40.1 Å². The van der Waals surface area contributed by atoms with Gasteiger partial charge in [-0.1, -0.05) is 61.3 Å². The van der Waals surface area contributed by atoms with Crippen LogP contribution in [0.4, 0.5) is 0 Å². The number of carbonyl (C=O) groups is 1. The predicted octanol–water partition coefficient (Wildman–Crippen LogP) is 5.68. The van der Waals surface area contributed by atoms with E-state index in [2.05, 4.69) is 38.1 Å². The Balaban J connectivity index is 1.49. The molecule has 2 aliphatic carbocycles. The lowest BCUT2D eigenvalue weighted by molar-refractivity contribution is -0.142. The van der Waals surface area contributed by atoms with E-state index in [1.807, 2.05) is 4.90 Å². The van der Waals surface area contributed by atoms with E-state index in [1.54, 1.807) is 12.1 Å². The molecule has 6 heteroatoms. The van der Waals surface area contributed by atoms with Crippen molar-refractivity contribution in [2.45, 2.75) is 51.0 Å². The van der Waals surface area contributed by atoms with E-state index in [9.17, 15) is 4.79 Å². The molecule has 0 spiro atoms. The van der Waals surface area contributed by atoms with E-state index < -0.39 is 5.41 Å². The molecule has 0 N–H and O–H groups in total. The first-order valence-corrected chi connectivity index (χ1v) is 11.6. The lowest BCUT2D eigenvalue weighted by atomic mass is 9.67. The van der Waals surface area contributed by atoms with Crippen molar-refractivity contribution in [1.82, 2.24) is 14.9 Å². The molecule has 2 heterocycles. The third-order valence-electron chi connectivity index (χ3n) is 8.03. The van der Waals surface area contributed by atoms with Gasteiger partial charge in [-0.05, 0) is 47.9 Å². The average molecular weight is 452 g/mol. The van der Waals surface area contributed by atoms with E-state index >= 15 is 0 Å². The van der Waals surface area contributed by atoms with E-state index in [0.717, 1.165) is 42.7 Å². The highest BCUT2D eigenvalue weighted by molar-refractivity contribution is 6.42. The number of amides is 1. The number of halogens is 2. The summed E-state index contributed by atoms with van der Waals surface area (Å²) in [6.45, 7) is 5.84. The minimum Gasteiger partial charge on any atom is -0.337 e. The minimum absolute atomic E-state index is 0.196. The second kappa shape index (κ2) is 6.43. The molecule has 2 atom stereocenters. The van der Waals surface area contributed by atoms with Crippen molar-refractivity contribution in [2.75, 3.05) is 6.54 Å². The highest BCUT2D eigenvalue weighted by Crippen LogP contribution is 2.67. The summed E-state index contributed by atoms with van der Waals surface area (Å²) in [6, 6.07) is 12.0. The van der Waals surface area contributed by atoms with E-state index in [4.69, 9.17) is 33.2 Å². The largest absolute Gasteiger partial charge is 0.337 e. The van der Waals surface area contributed by atoms with Crippen molar-refractivity contribution in [3.63, 3.8) is 0 Å². The van der Waals surface area contributed by atoms with E-state index in [0.29, 0.717) is 22.1 Å². The van der Waals surface area contributed by atoms with Crippen LogP contribution >= 0.6 is 23.2 Å². The summed E-state index contributed by atoms with van der Waals surface area (Å²) in [5, 5.41) is 0.933. The standard InChI is InChI=1S/C25H23Cl2N3O/c1-24(2)16-7-9-25(24,23(31)30-10-8-14-5-3-4-6-15(14)13-30)22-21(16)28-19-11-17(26)18(27)12-20(19)29-22/h3-6,11-12,16H,7-10,13H2,1-2H3. The molecule has 2 aromatic carbocycles. The summed E-state index contributed by atoms with van der Waals surface area (Å²) >= 11 is 12.5. The Kier molecular flexibility index (Phi) is 4.05. The number of benzene rings is 2. The van der Waals surface area contributed by atoms with E-state index in [-0.39, 0.29) is 17.2 Å². The van der Waals surface area contributed by atoms with Crippen LogP contribution in [-0.4, -0.2) is 27.3 Å². The maximum atomic E-state index is 14.2. The van der Waals surface area contributed by atoms with Gasteiger partial charge in [0.05, 0.1) is 37.9 Å². The average Bonchev–Trinajstić information content (AvgIpc) is 3.13. The van der Waals surface area contributed by atoms with Crippen molar-refractivity contribution in [1.29, 1.82) is 0 Å². The van der Waals surface area contributed by atoms with E-state index in [1.165, 1.54) is 11.1 Å². The first kappa shape index (κ1) is 19.5. The number of hydrogen-bond donors (Lipinski definition) is 0. The van der Waals surface area contributed by atoms with Gasteiger partial charge in [-0.15, -0.1) is 0 Å². The van der Waals surface area contributed by atoms with Gasteiger partial charge in [0.1, 0.15) is 0 Å². The molecule has 1 aromatic heterocycles. The Labute approximate surface area is 191 Å². The zero-order valence-corrected chi connectivity index (χ0v) is 19.1. The van der Waals surface area contributed by atoms with Crippen molar-refractivity contribution < 1.29 is 4.79 Å². The Bertz CT molecular complexity index is 1270. The molecule has 1 amide bonds. The third kappa shape index (κ3) is 2.46. The highest BCUT2D eigenvalue weighted by atomic mass is 35.5. The van der Waals surface area contributed by atoms with Crippen LogP contribution in [0.3, 0.4) is 0 Å². The van der Waals surface area contributed by atoms with Gasteiger partial charge in [-0.25, -0.2) is 9.97 Å². The number of carbonyl (C=O) groups excluding carboxylic acids is 1. The molecule has 3 aliphatic rings. The number of aromatic nitrogens is 2. The lowest BCUT2D eigenvalue weighted by Crippen LogP contribution is -2.52. The molecule has 6 rings (SSSR count). The second-order valence-corrected chi connectivity index (χ2v) is 10.5. The predicted molar refractivity (Wildman–Crippen MR) is 123 cm³/mol. The second-order valence-electron chi connectivity index (χ2n) is 9.68. The maximum absolute atomic E-state index is 14.2. The summed E-state index contributed by atoms with van der Waals surface area (Å²) in [5.74, 6) is 0.414. The fraction of sp³-hybridized carbons (Fsp3) is 0.400. The molecular weight excluding hydrogens is 429 g/mol. The smallest absolute Gasteiger partial charge is 0.235 e. The van der Waals surface area contributed by atoms with Gasteiger partial charge in [0, 0.05) is 19.0 Å². The Morgan fingerprint density at radius 3 is 2.48 bits per heavy atom. The Morgan fingerprint density at radius 2 is 1.74 bits per heavy atom. The Hall–Kier alpha value is -2.17. The normalized spacial score (nSPS) is 25.5. The van der Waals surface area contributed by atoms with Gasteiger partial charge in [0.25, 0.3) is 0 Å². The number of hydrogen-bond acceptors (Lipinski definition) is 3. The zero-order chi connectivity index (χ0) is 21.5. The van der Waals surface area contributed by atoms with Gasteiger partial charge in [-0.2, -0.15) is 0 Å². The first-order chi connectivity index (χ1) is 14.8. The van der Waals surface area contributed by atoms with Gasteiger partial charge in [-0.3, -0.25) is 4.79 Å². The molecule has 2 unspecified atom stereocenters. The van der Waals surface area contributed by atoms with Crippen LogP contribution < -0.4 is 0 Å². The van der Waals surface area contributed by atoms with Gasteiger partial charge >= 0.3 is 0 Å². The van der Waals surface area contributed by atoms with Gasteiger partial charge < -0.3 is 4.90 Å². The number of fused-ring (bicyclic) bond motifs is 7. The molecule has 2 bridgehead atoms. The molecule has 31 heavy (non-hydrogen) atoms. The van der Waals surface area contributed by atoms with Crippen LogP contribution in [0.5, 0.6) is 0 Å².